The minimum absolute atomic E-state index is 0.0645. The largest absolute Gasteiger partial charge is 0.416 e. The van der Waals surface area contributed by atoms with Crippen LogP contribution in [0.2, 0.25) is 0 Å². The van der Waals surface area contributed by atoms with Crippen molar-refractivity contribution in [2.24, 2.45) is 0 Å². The molecule has 0 atom stereocenters. The van der Waals surface area contributed by atoms with Gasteiger partial charge in [-0.05, 0) is 36.4 Å². The van der Waals surface area contributed by atoms with Crippen LogP contribution in [0.15, 0.2) is 127 Å². The van der Waals surface area contributed by atoms with Gasteiger partial charge in [-0.3, -0.25) is 9.78 Å². The van der Waals surface area contributed by atoms with Gasteiger partial charge in [0.25, 0.3) is 0 Å². The number of aromatic nitrogens is 2. The summed E-state index contributed by atoms with van der Waals surface area (Å²) in [6.07, 6.45) is -47.3. The molecule has 0 aliphatic rings. The Hall–Kier alpha value is -6.82. The number of rotatable bonds is 8. The molecule has 0 N–H and O–H groups in total. The second-order valence-corrected chi connectivity index (χ2v) is 18.3. The van der Waals surface area contributed by atoms with Crippen molar-refractivity contribution >= 4 is 43.6 Å². The summed E-state index contributed by atoms with van der Waals surface area (Å²) >= 11 is 0. The lowest BCUT2D eigenvalue weighted by Gasteiger charge is -2.46. The van der Waals surface area contributed by atoms with Crippen LogP contribution in [0.4, 0.5) is 105 Å². The minimum atomic E-state index is -6.13. The lowest BCUT2D eigenvalue weighted by Crippen LogP contribution is -2.75. The molecule has 0 amide bonds. The molecule has 0 saturated carbocycles. The number of benzene rings is 5. The van der Waals surface area contributed by atoms with E-state index in [0.717, 1.165) is 6.26 Å². The first-order valence-corrected chi connectivity index (χ1v) is 22.1. The van der Waals surface area contributed by atoms with Crippen LogP contribution in [-0.4, -0.2) is 31.6 Å². The Morgan fingerprint density at radius 1 is 0.421 bits per heavy atom. The first kappa shape index (κ1) is 60.1. The van der Waals surface area contributed by atoms with Crippen LogP contribution in [0.1, 0.15) is 54.9 Å². The summed E-state index contributed by atoms with van der Waals surface area (Å²) in [4.78, 5) is 16.1. The van der Waals surface area contributed by atoms with Gasteiger partial charge in [0.15, 0.2) is 22.2 Å². The van der Waals surface area contributed by atoms with E-state index >= 15 is 0 Å². The molecular weight excluding hydrogens is 1120 g/mol. The van der Waals surface area contributed by atoms with Crippen molar-refractivity contribution in [3.8, 4) is 0 Å². The molecule has 5 aromatic carbocycles. The number of halogens is 24. The van der Waals surface area contributed by atoms with Crippen molar-refractivity contribution in [2.45, 2.75) is 60.9 Å². The zero-order valence-electron chi connectivity index (χ0n) is 36.9. The highest BCUT2D eigenvalue weighted by atomic mass is 32.2. The van der Waals surface area contributed by atoms with Gasteiger partial charge in [-0.25, -0.2) is 8.42 Å². The standard InChI is InChI=1S/C32H12BF24.C13H13N2O3S/c34-25(35,36)13-1-14(26(37,38)39)6-21(5-13)33(22-7-15(27(40,41)42)2-16(8-22)28(43,44)45,23-9-17(29(46,47)48)3-18(10-23)30(49,50)51)24-11-19(31(52,53)54)4-20(12-24)32(55,56)57;1-19(17,18)13-5-3-2-4-11(13)12(16)10-15-8-6-14-7-9-15/h1-12H;2-9H,10H2,1H3/q-1;+1. The normalized spacial score (nSPS) is 13.5. The average Bonchev–Trinajstić information content (AvgIpc) is 3.27. The second kappa shape index (κ2) is 20.3. The number of Topliss-reactive ketones (excluding diaryl/α,β-unsaturated/α-hetero) is 1. The number of nitrogens with zero attached hydrogens (tertiary/aromatic N) is 2. The summed E-state index contributed by atoms with van der Waals surface area (Å²) in [6.45, 7) is 0.0784. The van der Waals surface area contributed by atoms with E-state index < -0.39 is 205 Å². The van der Waals surface area contributed by atoms with E-state index in [9.17, 15) is 119 Å². The molecule has 410 valence electrons. The molecule has 0 radical (unpaired) electrons. The van der Waals surface area contributed by atoms with Crippen molar-refractivity contribution in [1.29, 1.82) is 0 Å². The van der Waals surface area contributed by atoms with E-state index in [4.69, 9.17) is 0 Å². The molecule has 0 bridgehead atoms. The summed E-state index contributed by atoms with van der Waals surface area (Å²) in [5.74, 6) is -0.253. The maximum Gasteiger partial charge on any atom is 0.416 e. The first-order chi connectivity index (χ1) is 34.2. The highest BCUT2D eigenvalue weighted by molar-refractivity contribution is 7.90. The fourth-order valence-corrected chi connectivity index (χ4v) is 8.70. The summed E-state index contributed by atoms with van der Waals surface area (Å²) in [7, 11) is -3.41. The zero-order valence-corrected chi connectivity index (χ0v) is 37.7. The lowest BCUT2D eigenvalue weighted by atomic mass is 9.12. The molecule has 0 saturated heterocycles. The van der Waals surface area contributed by atoms with Gasteiger partial charge in [0, 0.05) is 11.8 Å². The predicted octanol–water partition coefficient (Wildman–Crippen LogP) is 11.9. The summed E-state index contributed by atoms with van der Waals surface area (Å²) in [5, 5.41) is 0. The van der Waals surface area contributed by atoms with E-state index in [2.05, 4.69) is 4.98 Å². The molecule has 0 aliphatic heterocycles. The van der Waals surface area contributed by atoms with Crippen molar-refractivity contribution in [3.63, 3.8) is 0 Å². The van der Waals surface area contributed by atoms with Gasteiger partial charge >= 0.3 is 49.4 Å². The molecule has 6 rings (SSSR count). The molecule has 1 aromatic heterocycles. The Kier molecular flexibility index (Phi) is 16.0. The Bertz CT molecular complexity index is 2790. The van der Waals surface area contributed by atoms with E-state index in [0.29, 0.717) is 0 Å². The van der Waals surface area contributed by atoms with Crippen LogP contribution in [0.25, 0.3) is 0 Å². The van der Waals surface area contributed by atoms with E-state index in [1.807, 2.05) is 0 Å². The summed E-state index contributed by atoms with van der Waals surface area (Å²) < 4.78 is 366. The highest BCUT2D eigenvalue weighted by Crippen LogP contribution is 2.41. The second-order valence-electron chi connectivity index (χ2n) is 16.3. The molecule has 76 heavy (non-hydrogen) atoms. The van der Waals surface area contributed by atoms with E-state index in [1.54, 1.807) is 41.5 Å². The third-order valence-electron chi connectivity index (χ3n) is 11.0. The fourth-order valence-electron chi connectivity index (χ4n) is 7.79. The number of carbonyl (C=O) groups is 1. The minimum Gasteiger partial charge on any atom is -0.287 e. The molecule has 1 heterocycles. The first-order valence-electron chi connectivity index (χ1n) is 20.2. The number of sulfone groups is 1. The zero-order chi connectivity index (χ0) is 57.8. The SMILES string of the molecule is CS(=O)(=O)c1ccccc1C(=O)C[n+]1ccncc1.FC(F)(F)c1cc([B-](c2cc(C(F)(F)F)cc(C(F)(F)F)c2)(c2cc(C(F)(F)F)cc(C(F)(F)F)c2)c2cc(C(F)(F)F)cc(C(F)(F)F)c2)cc(C(F)(F)F)c1. The molecule has 0 fully saturated rings. The van der Waals surface area contributed by atoms with Gasteiger partial charge in [0.05, 0.1) is 61.8 Å². The Morgan fingerprint density at radius 3 is 0.882 bits per heavy atom. The van der Waals surface area contributed by atoms with Crippen LogP contribution in [0, 0.1) is 0 Å². The monoisotopic (exact) mass is 1140 g/mol. The maximum atomic E-state index is 14.2. The van der Waals surface area contributed by atoms with Gasteiger partial charge in [0.2, 0.25) is 12.3 Å². The number of carbonyl (C=O) groups excluding carboxylic acids is 1. The molecule has 0 aliphatic carbocycles. The van der Waals surface area contributed by atoms with Crippen LogP contribution in [0.5, 0.6) is 0 Å². The van der Waals surface area contributed by atoms with Crippen molar-refractivity contribution in [3.05, 3.63) is 172 Å². The quantitative estimate of drug-likeness (QED) is 0.0659. The van der Waals surface area contributed by atoms with Crippen LogP contribution in [0.3, 0.4) is 0 Å². The number of ketones is 1. The Morgan fingerprint density at radius 2 is 0.658 bits per heavy atom. The lowest BCUT2D eigenvalue weighted by molar-refractivity contribution is -0.683. The molecule has 31 heteroatoms. The Labute approximate surface area is 410 Å². The van der Waals surface area contributed by atoms with Crippen LogP contribution in [-0.2, 0) is 65.8 Å². The third-order valence-corrected chi connectivity index (χ3v) is 12.2. The Balaban J connectivity index is 0.000000468. The van der Waals surface area contributed by atoms with E-state index in [-0.39, 0.29) is 22.8 Å². The van der Waals surface area contributed by atoms with Crippen molar-refractivity contribution in [2.75, 3.05) is 6.26 Å². The molecular formula is C45H25BF24N2O3S. The molecule has 5 nitrogen and oxygen atoms in total. The number of hydrogen-bond acceptors (Lipinski definition) is 4. The van der Waals surface area contributed by atoms with Gasteiger partial charge in [0.1, 0.15) is 6.15 Å². The van der Waals surface area contributed by atoms with Gasteiger partial charge in [-0.1, -0.05) is 60.7 Å². The molecule has 0 spiro atoms. The molecule has 0 unspecified atom stereocenters. The highest BCUT2D eigenvalue weighted by Gasteiger charge is 2.47. The van der Waals surface area contributed by atoms with Crippen molar-refractivity contribution in [1.82, 2.24) is 4.98 Å². The average molecular weight is 1140 g/mol. The maximum absolute atomic E-state index is 14.2. The van der Waals surface area contributed by atoms with Crippen LogP contribution >= 0.6 is 0 Å². The van der Waals surface area contributed by atoms with Gasteiger partial charge in [-0.2, -0.15) is 132 Å². The summed E-state index contributed by atoms with van der Waals surface area (Å²) in [6, 6.07) is -2.58. The van der Waals surface area contributed by atoms with Gasteiger partial charge in [-0.15, -0.1) is 0 Å². The molecule has 6 aromatic rings. The number of hydrogen-bond donors (Lipinski definition) is 0. The van der Waals surface area contributed by atoms with Crippen molar-refractivity contribution < 1.29 is 123 Å². The summed E-state index contributed by atoms with van der Waals surface area (Å²) in [5.41, 5.74) is -30.0. The fraction of sp³-hybridized carbons (Fsp3) is 0.222. The number of alkyl halides is 24. The van der Waals surface area contributed by atoms with Gasteiger partial charge < -0.3 is 0 Å². The van der Waals surface area contributed by atoms with Crippen LogP contribution < -0.4 is 26.4 Å². The van der Waals surface area contributed by atoms with E-state index in [1.165, 1.54) is 12.1 Å². The third kappa shape index (κ3) is 13.8. The topological polar surface area (TPSA) is 68.0 Å². The smallest absolute Gasteiger partial charge is 0.287 e. The predicted molar refractivity (Wildman–Crippen MR) is 218 cm³/mol.